The molecule has 21 heavy (non-hydrogen) atoms. The van der Waals surface area contributed by atoms with Gasteiger partial charge >= 0.3 is 0 Å². The predicted molar refractivity (Wildman–Crippen MR) is 90.4 cm³/mol. The van der Waals surface area contributed by atoms with Gasteiger partial charge in [0.2, 0.25) is 9.84 Å². The van der Waals surface area contributed by atoms with Crippen LogP contribution in [0.5, 0.6) is 0 Å². The quantitative estimate of drug-likeness (QED) is 0.490. The van der Waals surface area contributed by atoms with E-state index in [0.29, 0.717) is 3.82 Å². The van der Waals surface area contributed by atoms with E-state index in [1.54, 1.807) is 30.3 Å². The molecule has 0 saturated heterocycles. The SMILES string of the molecule is O=S(=O)(c1ccccc1)c1c(-c2ccccc2)ssc1=S. The molecule has 0 aliphatic heterocycles. The standard InChI is InChI=1S/C15H10O2S4/c16-21(17,12-9-5-2-6-10-12)14-13(19-20-15(14)18)11-7-3-1-4-8-11/h1-10H. The molecule has 0 fully saturated rings. The van der Waals surface area contributed by atoms with Gasteiger partial charge < -0.3 is 0 Å². The van der Waals surface area contributed by atoms with Crippen molar-refractivity contribution >= 4 is 42.7 Å². The molecule has 2 nitrogen and oxygen atoms in total. The largest absolute Gasteiger partial charge is 0.218 e. The average molecular weight is 351 g/mol. The minimum Gasteiger partial charge on any atom is -0.218 e. The van der Waals surface area contributed by atoms with Crippen LogP contribution in [0.4, 0.5) is 0 Å². The zero-order chi connectivity index (χ0) is 14.9. The predicted octanol–water partition coefficient (Wildman–Crippen LogP) is 5.04. The summed E-state index contributed by atoms with van der Waals surface area (Å²) in [5.74, 6) is 0. The molecule has 1 aromatic heterocycles. The second-order valence-electron chi connectivity index (χ2n) is 4.29. The molecule has 0 atom stereocenters. The van der Waals surface area contributed by atoms with Crippen LogP contribution in [0.25, 0.3) is 10.4 Å². The second kappa shape index (κ2) is 5.81. The number of hydrogen-bond acceptors (Lipinski definition) is 5. The number of sulfone groups is 1. The lowest BCUT2D eigenvalue weighted by molar-refractivity contribution is 0.596. The maximum atomic E-state index is 12.9. The Morgan fingerprint density at radius 2 is 1.38 bits per heavy atom. The van der Waals surface area contributed by atoms with Crippen molar-refractivity contribution in [1.29, 1.82) is 0 Å². The summed E-state index contributed by atoms with van der Waals surface area (Å²) in [6.45, 7) is 0. The molecule has 0 amide bonds. The average Bonchev–Trinajstić information content (AvgIpc) is 2.91. The van der Waals surface area contributed by atoms with Gasteiger partial charge in [-0.3, -0.25) is 0 Å². The summed E-state index contributed by atoms with van der Waals surface area (Å²) in [4.78, 5) is 1.25. The number of hydrogen-bond donors (Lipinski definition) is 0. The second-order valence-corrected chi connectivity index (χ2v) is 9.00. The minimum atomic E-state index is -3.59. The highest BCUT2D eigenvalue weighted by molar-refractivity contribution is 7.93. The first-order chi connectivity index (χ1) is 10.1. The van der Waals surface area contributed by atoms with Gasteiger partial charge in [0.1, 0.15) is 8.72 Å². The van der Waals surface area contributed by atoms with Crippen molar-refractivity contribution in [1.82, 2.24) is 0 Å². The minimum absolute atomic E-state index is 0.255. The summed E-state index contributed by atoms with van der Waals surface area (Å²) >= 11 is 5.27. The van der Waals surface area contributed by atoms with Crippen molar-refractivity contribution in [3.05, 3.63) is 64.5 Å². The summed E-state index contributed by atoms with van der Waals surface area (Å²) in [6.07, 6.45) is 0. The Morgan fingerprint density at radius 3 is 2.00 bits per heavy atom. The molecule has 2 aromatic carbocycles. The van der Waals surface area contributed by atoms with Crippen molar-refractivity contribution in [3.63, 3.8) is 0 Å². The van der Waals surface area contributed by atoms with Crippen LogP contribution in [0.15, 0.2) is 70.5 Å². The lowest BCUT2D eigenvalue weighted by Gasteiger charge is -2.05. The highest BCUT2D eigenvalue weighted by atomic mass is 32.9. The smallest absolute Gasteiger partial charge is 0.210 e. The molecule has 106 valence electrons. The van der Waals surface area contributed by atoms with Gasteiger partial charge in [-0.2, -0.15) is 0 Å². The molecular formula is C15H10O2S4. The van der Waals surface area contributed by atoms with Crippen molar-refractivity contribution in [2.75, 3.05) is 0 Å². The van der Waals surface area contributed by atoms with E-state index in [1.165, 1.54) is 20.7 Å². The van der Waals surface area contributed by atoms with Gasteiger partial charge in [0.15, 0.2) is 0 Å². The Bertz CT molecular complexity index is 907. The van der Waals surface area contributed by atoms with Crippen molar-refractivity contribution in [2.24, 2.45) is 0 Å². The van der Waals surface area contributed by atoms with Gasteiger partial charge in [0.25, 0.3) is 0 Å². The zero-order valence-electron chi connectivity index (χ0n) is 10.7. The van der Waals surface area contributed by atoms with Gasteiger partial charge in [0.05, 0.1) is 9.77 Å². The topological polar surface area (TPSA) is 34.1 Å². The van der Waals surface area contributed by atoms with E-state index in [9.17, 15) is 8.42 Å². The van der Waals surface area contributed by atoms with Crippen molar-refractivity contribution in [3.8, 4) is 10.4 Å². The Labute approximate surface area is 135 Å². The molecule has 0 bridgehead atoms. The Hall–Kier alpha value is -1.34. The van der Waals surface area contributed by atoms with Gasteiger partial charge in [-0.05, 0) is 17.7 Å². The van der Waals surface area contributed by atoms with Gasteiger partial charge in [-0.1, -0.05) is 81.4 Å². The van der Waals surface area contributed by atoms with Crippen LogP contribution in [-0.4, -0.2) is 8.42 Å². The van der Waals surface area contributed by atoms with Crippen LogP contribution < -0.4 is 0 Å². The molecular weight excluding hydrogens is 340 g/mol. The molecule has 3 aromatic rings. The third-order valence-corrected chi connectivity index (χ3v) is 8.24. The first-order valence-electron chi connectivity index (χ1n) is 6.09. The van der Waals surface area contributed by atoms with E-state index in [1.807, 2.05) is 30.3 Å². The monoisotopic (exact) mass is 350 g/mol. The Morgan fingerprint density at radius 1 is 0.810 bits per heavy atom. The molecule has 0 radical (unpaired) electrons. The first kappa shape index (κ1) is 14.6. The van der Waals surface area contributed by atoms with E-state index in [0.717, 1.165) is 10.4 Å². The molecule has 0 unspecified atom stereocenters. The molecule has 6 heteroatoms. The summed E-state index contributed by atoms with van der Waals surface area (Å²) in [5, 5.41) is 0. The maximum Gasteiger partial charge on any atom is 0.210 e. The summed E-state index contributed by atoms with van der Waals surface area (Å²) < 4.78 is 26.1. The third-order valence-electron chi connectivity index (χ3n) is 2.95. The van der Waals surface area contributed by atoms with E-state index in [2.05, 4.69) is 0 Å². The van der Waals surface area contributed by atoms with Crippen LogP contribution in [-0.2, 0) is 9.84 Å². The maximum absolute atomic E-state index is 12.9. The third kappa shape index (κ3) is 2.72. The van der Waals surface area contributed by atoms with E-state index in [-0.39, 0.29) is 9.79 Å². The van der Waals surface area contributed by atoms with Crippen LogP contribution in [0.1, 0.15) is 0 Å². The normalized spacial score (nSPS) is 11.4. The molecule has 0 spiro atoms. The van der Waals surface area contributed by atoms with Crippen LogP contribution in [0.3, 0.4) is 0 Å². The summed E-state index contributed by atoms with van der Waals surface area (Å²) in [5.41, 5.74) is 0.879. The molecule has 0 aliphatic rings. The van der Waals surface area contributed by atoms with Crippen LogP contribution in [0.2, 0.25) is 0 Å². The summed E-state index contributed by atoms with van der Waals surface area (Å²) in [7, 11) is -0.855. The first-order valence-corrected chi connectivity index (χ1v) is 10.1. The molecule has 0 saturated carbocycles. The van der Waals surface area contributed by atoms with Crippen molar-refractivity contribution in [2.45, 2.75) is 9.79 Å². The number of benzene rings is 2. The van der Waals surface area contributed by atoms with Gasteiger partial charge in [0, 0.05) is 0 Å². The molecule has 0 N–H and O–H groups in total. The molecule has 0 aliphatic carbocycles. The Balaban J connectivity index is 2.25. The van der Waals surface area contributed by atoms with Gasteiger partial charge in [-0.25, -0.2) is 8.42 Å². The van der Waals surface area contributed by atoms with E-state index >= 15 is 0 Å². The van der Waals surface area contributed by atoms with Crippen LogP contribution in [0, 0.1) is 3.82 Å². The van der Waals surface area contributed by atoms with Crippen LogP contribution >= 0.6 is 32.9 Å². The fourth-order valence-corrected chi connectivity index (χ4v) is 7.40. The fourth-order valence-electron chi connectivity index (χ4n) is 1.97. The van der Waals surface area contributed by atoms with Gasteiger partial charge in [-0.15, -0.1) is 0 Å². The lowest BCUT2D eigenvalue weighted by atomic mass is 10.2. The Kier molecular flexibility index (Phi) is 4.03. The number of rotatable bonds is 3. The van der Waals surface area contributed by atoms with E-state index in [4.69, 9.17) is 12.2 Å². The van der Waals surface area contributed by atoms with Crippen molar-refractivity contribution < 1.29 is 8.42 Å². The summed E-state index contributed by atoms with van der Waals surface area (Å²) in [6, 6.07) is 17.9. The molecule has 3 rings (SSSR count). The lowest BCUT2D eigenvalue weighted by Crippen LogP contribution is -2.02. The molecule has 1 heterocycles. The fraction of sp³-hybridized carbons (Fsp3) is 0. The van der Waals surface area contributed by atoms with E-state index < -0.39 is 9.84 Å². The highest BCUT2D eigenvalue weighted by Crippen LogP contribution is 2.39. The zero-order valence-corrected chi connectivity index (χ0v) is 14.0. The highest BCUT2D eigenvalue weighted by Gasteiger charge is 2.25.